The van der Waals surface area contributed by atoms with E-state index in [0.29, 0.717) is 12.0 Å². The van der Waals surface area contributed by atoms with Gasteiger partial charge in [-0.05, 0) is 37.5 Å². The number of rotatable bonds is 10. The Balaban J connectivity index is 1.97. The van der Waals surface area contributed by atoms with Crippen molar-refractivity contribution in [3.63, 3.8) is 0 Å². The van der Waals surface area contributed by atoms with Crippen LogP contribution in [0.15, 0.2) is 78.9 Å². The number of carbonyl (C=O) groups excluding carboxylic acids is 2. The molecule has 3 rings (SSSR count). The molecule has 0 aliphatic heterocycles. The zero-order chi connectivity index (χ0) is 24.5. The molecule has 0 radical (unpaired) electrons. The zero-order valence-corrected chi connectivity index (χ0v) is 20.1. The number of nitrogens with one attached hydrogen (secondary N) is 1. The van der Waals surface area contributed by atoms with Crippen molar-refractivity contribution in [1.82, 2.24) is 10.2 Å². The fraction of sp³-hybridized carbons (Fsp3) is 0.310. The van der Waals surface area contributed by atoms with Crippen LogP contribution in [0.25, 0.3) is 0 Å². The van der Waals surface area contributed by atoms with Crippen molar-refractivity contribution >= 4 is 11.8 Å². The first-order valence-electron chi connectivity index (χ1n) is 11.8. The SMILES string of the molecule is CC[C@H](C)NC(=O)[C@@H](Cc1ccccc1)N(Cc1ccccc1F)C(=O)Cc1ccc(C)cc1. The standard InChI is InChI=1S/C29H33FN2O2/c1-4-22(3)31-29(34)27(18-23-10-6-5-7-11-23)32(20-25-12-8-9-13-26(25)30)28(33)19-24-16-14-21(2)15-17-24/h5-17,22,27H,4,18-20H2,1-3H3,(H,31,34)/t22-,27+/m0/s1. The molecule has 178 valence electrons. The topological polar surface area (TPSA) is 49.4 Å². The maximum Gasteiger partial charge on any atom is 0.243 e. The highest BCUT2D eigenvalue weighted by Crippen LogP contribution is 2.18. The maximum absolute atomic E-state index is 14.6. The van der Waals surface area contributed by atoms with Gasteiger partial charge in [0, 0.05) is 24.6 Å². The van der Waals surface area contributed by atoms with E-state index in [0.717, 1.165) is 23.1 Å². The normalized spacial score (nSPS) is 12.6. The molecule has 0 heterocycles. The lowest BCUT2D eigenvalue weighted by molar-refractivity contribution is -0.141. The third-order valence-electron chi connectivity index (χ3n) is 6.05. The highest BCUT2D eigenvalue weighted by atomic mass is 19.1. The minimum Gasteiger partial charge on any atom is -0.352 e. The van der Waals surface area contributed by atoms with E-state index in [1.54, 1.807) is 18.2 Å². The molecule has 4 nitrogen and oxygen atoms in total. The molecule has 0 aliphatic rings. The van der Waals surface area contributed by atoms with E-state index in [4.69, 9.17) is 0 Å². The third kappa shape index (κ3) is 7.01. The van der Waals surface area contributed by atoms with E-state index in [9.17, 15) is 14.0 Å². The van der Waals surface area contributed by atoms with E-state index in [1.807, 2.05) is 75.4 Å². The van der Waals surface area contributed by atoms with Gasteiger partial charge in [0.15, 0.2) is 0 Å². The van der Waals surface area contributed by atoms with Crippen LogP contribution in [0.2, 0.25) is 0 Å². The van der Waals surface area contributed by atoms with E-state index in [-0.39, 0.29) is 30.8 Å². The maximum atomic E-state index is 14.6. The summed E-state index contributed by atoms with van der Waals surface area (Å²) in [7, 11) is 0. The lowest BCUT2D eigenvalue weighted by Crippen LogP contribution is -2.52. The molecule has 0 saturated heterocycles. The summed E-state index contributed by atoms with van der Waals surface area (Å²) in [6, 6.07) is 23.0. The second kappa shape index (κ2) is 12.1. The Labute approximate surface area is 201 Å². The number of hydrogen-bond acceptors (Lipinski definition) is 2. The van der Waals surface area contributed by atoms with Gasteiger partial charge in [0.25, 0.3) is 0 Å². The summed E-state index contributed by atoms with van der Waals surface area (Å²) in [5.74, 6) is -0.837. The average Bonchev–Trinajstić information content (AvgIpc) is 2.84. The van der Waals surface area contributed by atoms with Crippen LogP contribution in [0, 0.1) is 12.7 Å². The molecule has 5 heteroatoms. The number of nitrogens with zero attached hydrogens (tertiary/aromatic N) is 1. The van der Waals surface area contributed by atoms with Gasteiger partial charge in [-0.2, -0.15) is 0 Å². The Bertz CT molecular complexity index is 1080. The van der Waals surface area contributed by atoms with Crippen molar-refractivity contribution in [2.45, 2.75) is 58.7 Å². The summed E-state index contributed by atoms with van der Waals surface area (Å²) in [4.78, 5) is 28.6. The van der Waals surface area contributed by atoms with Gasteiger partial charge >= 0.3 is 0 Å². The summed E-state index contributed by atoms with van der Waals surface area (Å²) in [5.41, 5.74) is 3.28. The molecule has 2 amide bonds. The lowest BCUT2D eigenvalue weighted by Gasteiger charge is -2.32. The highest BCUT2D eigenvalue weighted by molar-refractivity contribution is 5.89. The lowest BCUT2D eigenvalue weighted by atomic mass is 10.0. The van der Waals surface area contributed by atoms with Crippen molar-refractivity contribution in [2.75, 3.05) is 0 Å². The molecule has 0 bridgehead atoms. The van der Waals surface area contributed by atoms with Crippen LogP contribution in [0.1, 0.15) is 42.5 Å². The summed E-state index contributed by atoms with van der Waals surface area (Å²) in [6.07, 6.45) is 1.25. The Morgan fingerprint density at radius 2 is 1.56 bits per heavy atom. The number of hydrogen-bond donors (Lipinski definition) is 1. The van der Waals surface area contributed by atoms with Gasteiger partial charge in [-0.3, -0.25) is 9.59 Å². The van der Waals surface area contributed by atoms with Gasteiger partial charge in [0.2, 0.25) is 11.8 Å². The molecule has 0 spiro atoms. The monoisotopic (exact) mass is 460 g/mol. The van der Waals surface area contributed by atoms with Crippen LogP contribution in [-0.4, -0.2) is 28.8 Å². The number of carbonyl (C=O) groups is 2. The van der Waals surface area contributed by atoms with Crippen LogP contribution in [0.4, 0.5) is 4.39 Å². The van der Waals surface area contributed by atoms with Crippen molar-refractivity contribution in [2.24, 2.45) is 0 Å². The van der Waals surface area contributed by atoms with Gasteiger partial charge in [-0.1, -0.05) is 85.3 Å². The molecule has 0 unspecified atom stereocenters. The molecule has 3 aromatic rings. The molecule has 0 aromatic heterocycles. The summed E-state index contributed by atoms with van der Waals surface area (Å²) in [5, 5.41) is 3.03. The number of halogens is 1. The molecule has 0 saturated carbocycles. The smallest absolute Gasteiger partial charge is 0.243 e. The van der Waals surface area contributed by atoms with E-state index >= 15 is 0 Å². The number of benzene rings is 3. The van der Waals surface area contributed by atoms with Crippen molar-refractivity contribution < 1.29 is 14.0 Å². The fourth-order valence-electron chi connectivity index (χ4n) is 3.79. The van der Waals surface area contributed by atoms with Gasteiger partial charge in [-0.25, -0.2) is 4.39 Å². The van der Waals surface area contributed by atoms with Crippen LogP contribution in [0.3, 0.4) is 0 Å². The molecular formula is C29H33FN2O2. The predicted octanol–water partition coefficient (Wildman–Crippen LogP) is 5.23. The fourth-order valence-corrected chi connectivity index (χ4v) is 3.79. The Morgan fingerprint density at radius 3 is 2.21 bits per heavy atom. The predicted molar refractivity (Wildman–Crippen MR) is 134 cm³/mol. The van der Waals surface area contributed by atoms with Crippen molar-refractivity contribution in [1.29, 1.82) is 0 Å². The Morgan fingerprint density at radius 1 is 0.912 bits per heavy atom. The molecule has 2 atom stereocenters. The first-order chi connectivity index (χ1) is 16.4. The highest BCUT2D eigenvalue weighted by Gasteiger charge is 2.31. The zero-order valence-electron chi connectivity index (χ0n) is 20.1. The summed E-state index contributed by atoms with van der Waals surface area (Å²) >= 11 is 0. The summed E-state index contributed by atoms with van der Waals surface area (Å²) < 4.78 is 14.6. The minimum atomic E-state index is -0.769. The first kappa shape index (κ1) is 25.2. The third-order valence-corrected chi connectivity index (χ3v) is 6.05. The van der Waals surface area contributed by atoms with Gasteiger partial charge < -0.3 is 10.2 Å². The minimum absolute atomic E-state index is 0.0167. The van der Waals surface area contributed by atoms with E-state index in [2.05, 4.69) is 5.32 Å². The summed E-state index contributed by atoms with van der Waals surface area (Å²) in [6.45, 7) is 5.94. The van der Waals surface area contributed by atoms with Gasteiger partial charge in [-0.15, -0.1) is 0 Å². The Hall–Kier alpha value is -3.47. The molecule has 0 aliphatic carbocycles. The second-order valence-corrected chi connectivity index (χ2v) is 8.80. The molecule has 3 aromatic carbocycles. The number of aryl methyl sites for hydroxylation is 1. The first-order valence-corrected chi connectivity index (χ1v) is 11.8. The quantitative estimate of drug-likeness (QED) is 0.450. The van der Waals surface area contributed by atoms with Crippen LogP contribution in [-0.2, 0) is 29.0 Å². The van der Waals surface area contributed by atoms with E-state index in [1.165, 1.54) is 11.0 Å². The van der Waals surface area contributed by atoms with Gasteiger partial charge in [0.1, 0.15) is 11.9 Å². The number of amides is 2. The average molecular weight is 461 g/mol. The molecule has 0 fully saturated rings. The second-order valence-electron chi connectivity index (χ2n) is 8.80. The molecular weight excluding hydrogens is 427 g/mol. The van der Waals surface area contributed by atoms with Crippen LogP contribution >= 0.6 is 0 Å². The van der Waals surface area contributed by atoms with Crippen LogP contribution < -0.4 is 5.32 Å². The molecule has 34 heavy (non-hydrogen) atoms. The van der Waals surface area contributed by atoms with Gasteiger partial charge in [0.05, 0.1) is 6.42 Å². The van der Waals surface area contributed by atoms with Crippen molar-refractivity contribution in [3.8, 4) is 0 Å². The van der Waals surface area contributed by atoms with E-state index < -0.39 is 11.9 Å². The van der Waals surface area contributed by atoms with Crippen molar-refractivity contribution in [3.05, 3.63) is 107 Å². The molecule has 1 N–H and O–H groups in total. The largest absolute Gasteiger partial charge is 0.352 e. The Kier molecular flexibility index (Phi) is 8.97. The van der Waals surface area contributed by atoms with Crippen LogP contribution in [0.5, 0.6) is 0 Å².